The molecule has 3 aromatic rings. The van der Waals surface area contributed by atoms with E-state index >= 15 is 0 Å². The Balaban J connectivity index is 1.71. The summed E-state index contributed by atoms with van der Waals surface area (Å²) < 4.78 is 42.8. The summed E-state index contributed by atoms with van der Waals surface area (Å²) in [5.41, 5.74) is 1.63. The summed E-state index contributed by atoms with van der Waals surface area (Å²) in [7, 11) is 0. The first-order valence-corrected chi connectivity index (χ1v) is 10.2. The van der Waals surface area contributed by atoms with Crippen LogP contribution in [0.1, 0.15) is 12.0 Å². The normalized spacial score (nSPS) is 11.8. The van der Waals surface area contributed by atoms with Crippen LogP contribution in [0.25, 0.3) is 10.9 Å². The number of alkyl halides is 3. The SMILES string of the molecule is O=c1c2ccccc2nc(SCCOCC(F)(F)F)n1CCCc1ccccc1. The molecule has 0 atom stereocenters. The molecule has 0 bridgehead atoms. The second-order valence-corrected chi connectivity index (χ2v) is 7.54. The van der Waals surface area contributed by atoms with Gasteiger partial charge < -0.3 is 4.74 Å². The van der Waals surface area contributed by atoms with E-state index in [0.29, 0.717) is 22.6 Å². The van der Waals surface area contributed by atoms with E-state index in [1.807, 2.05) is 30.3 Å². The van der Waals surface area contributed by atoms with Crippen LogP contribution in [0.5, 0.6) is 0 Å². The molecule has 29 heavy (non-hydrogen) atoms. The third kappa shape index (κ3) is 6.33. The Morgan fingerprint density at radius 3 is 2.52 bits per heavy atom. The van der Waals surface area contributed by atoms with Crippen molar-refractivity contribution in [1.82, 2.24) is 9.55 Å². The summed E-state index contributed by atoms with van der Waals surface area (Å²) in [6, 6.07) is 17.1. The van der Waals surface area contributed by atoms with Gasteiger partial charge in [-0.05, 0) is 30.5 Å². The van der Waals surface area contributed by atoms with Crippen LogP contribution in [-0.2, 0) is 17.7 Å². The van der Waals surface area contributed by atoms with Crippen LogP contribution in [0.3, 0.4) is 0 Å². The highest BCUT2D eigenvalue weighted by Crippen LogP contribution is 2.19. The zero-order valence-electron chi connectivity index (χ0n) is 15.7. The second-order valence-electron chi connectivity index (χ2n) is 6.47. The molecule has 2 aromatic carbocycles. The van der Waals surface area contributed by atoms with E-state index in [2.05, 4.69) is 9.72 Å². The van der Waals surface area contributed by atoms with Crippen molar-refractivity contribution in [2.75, 3.05) is 19.0 Å². The first-order valence-electron chi connectivity index (χ1n) is 9.25. The van der Waals surface area contributed by atoms with Gasteiger partial charge >= 0.3 is 6.18 Å². The van der Waals surface area contributed by atoms with Gasteiger partial charge in [-0.3, -0.25) is 9.36 Å². The highest BCUT2D eigenvalue weighted by Gasteiger charge is 2.27. The van der Waals surface area contributed by atoms with Gasteiger partial charge in [0, 0.05) is 12.3 Å². The average Bonchev–Trinajstić information content (AvgIpc) is 2.70. The van der Waals surface area contributed by atoms with E-state index in [4.69, 9.17) is 0 Å². The van der Waals surface area contributed by atoms with Crippen LogP contribution in [0.2, 0.25) is 0 Å². The Kier molecular flexibility index (Phi) is 7.33. The number of hydrogen-bond acceptors (Lipinski definition) is 4. The van der Waals surface area contributed by atoms with Crippen LogP contribution in [0.15, 0.2) is 64.5 Å². The van der Waals surface area contributed by atoms with Gasteiger partial charge in [-0.25, -0.2) is 4.98 Å². The maximum Gasteiger partial charge on any atom is 0.411 e. The summed E-state index contributed by atoms with van der Waals surface area (Å²) >= 11 is 1.23. The van der Waals surface area contributed by atoms with Crippen LogP contribution in [0, 0.1) is 0 Å². The van der Waals surface area contributed by atoms with Gasteiger partial charge in [-0.1, -0.05) is 54.2 Å². The molecule has 0 saturated carbocycles. The maximum atomic E-state index is 12.9. The van der Waals surface area contributed by atoms with Gasteiger partial charge in [-0.2, -0.15) is 13.2 Å². The summed E-state index contributed by atoms with van der Waals surface area (Å²) in [4.78, 5) is 17.5. The molecule has 0 aliphatic carbocycles. The van der Waals surface area contributed by atoms with E-state index in [9.17, 15) is 18.0 Å². The monoisotopic (exact) mass is 422 g/mol. The van der Waals surface area contributed by atoms with E-state index in [0.717, 1.165) is 12.8 Å². The fraction of sp³-hybridized carbons (Fsp3) is 0.333. The van der Waals surface area contributed by atoms with Gasteiger partial charge in [0.05, 0.1) is 17.5 Å². The summed E-state index contributed by atoms with van der Waals surface area (Å²) in [5, 5.41) is 1.03. The zero-order chi connectivity index (χ0) is 20.7. The molecule has 3 rings (SSSR count). The highest BCUT2D eigenvalue weighted by atomic mass is 32.2. The topological polar surface area (TPSA) is 44.1 Å². The number of rotatable bonds is 9. The number of para-hydroxylation sites is 1. The average molecular weight is 422 g/mol. The van der Waals surface area contributed by atoms with E-state index in [1.165, 1.54) is 17.3 Å². The first kappa shape index (κ1) is 21.4. The Hall–Kier alpha value is -2.32. The number of thioether (sulfide) groups is 1. The van der Waals surface area contributed by atoms with Crippen molar-refractivity contribution < 1.29 is 17.9 Å². The maximum absolute atomic E-state index is 12.9. The Morgan fingerprint density at radius 1 is 1.03 bits per heavy atom. The third-order valence-electron chi connectivity index (χ3n) is 4.24. The van der Waals surface area contributed by atoms with E-state index < -0.39 is 12.8 Å². The Labute approximate surface area is 170 Å². The number of ether oxygens (including phenoxy) is 1. The van der Waals surface area contributed by atoms with Crippen molar-refractivity contribution in [2.24, 2.45) is 0 Å². The minimum Gasteiger partial charge on any atom is -0.371 e. The molecule has 0 saturated heterocycles. The third-order valence-corrected chi connectivity index (χ3v) is 5.18. The molecule has 8 heteroatoms. The van der Waals surface area contributed by atoms with Gasteiger partial charge in [0.2, 0.25) is 0 Å². The smallest absolute Gasteiger partial charge is 0.371 e. The lowest BCUT2D eigenvalue weighted by Gasteiger charge is -2.13. The molecular weight excluding hydrogens is 401 g/mol. The van der Waals surface area contributed by atoms with Crippen LogP contribution in [-0.4, -0.2) is 34.7 Å². The lowest BCUT2D eigenvalue weighted by atomic mass is 10.1. The number of hydrogen-bond donors (Lipinski definition) is 0. The number of fused-ring (bicyclic) bond motifs is 1. The largest absolute Gasteiger partial charge is 0.411 e. The molecule has 1 heterocycles. The standard InChI is InChI=1S/C21H21F3N2O2S/c22-21(23,24)15-28-13-14-29-20-25-18-11-5-4-10-17(18)19(27)26(20)12-6-9-16-7-2-1-3-8-16/h1-5,7-8,10-11H,6,9,12-15H2. The van der Waals surface area contributed by atoms with Crippen LogP contribution >= 0.6 is 11.8 Å². The Morgan fingerprint density at radius 2 is 1.76 bits per heavy atom. The number of aromatic nitrogens is 2. The minimum atomic E-state index is -4.34. The fourth-order valence-electron chi connectivity index (χ4n) is 2.92. The number of benzene rings is 2. The van der Waals surface area contributed by atoms with Gasteiger partial charge in [0.15, 0.2) is 5.16 Å². The second kappa shape index (κ2) is 9.93. The fourth-order valence-corrected chi connectivity index (χ4v) is 3.80. The van der Waals surface area contributed by atoms with E-state index in [1.54, 1.807) is 28.8 Å². The summed E-state index contributed by atoms with van der Waals surface area (Å²) in [6.07, 6.45) is -2.77. The van der Waals surface area contributed by atoms with Gasteiger partial charge in [0.1, 0.15) is 6.61 Å². The minimum absolute atomic E-state index is 0.0725. The number of aryl methyl sites for hydroxylation is 1. The van der Waals surface area contributed by atoms with Crippen LogP contribution in [0.4, 0.5) is 13.2 Å². The first-order chi connectivity index (χ1) is 13.9. The quantitative estimate of drug-likeness (QED) is 0.285. The van der Waals surface area contributed by atoms with Crippen LogP contribution < -0.4 is 5.56 Å². The molecule has 0 fully saturated rings. The molecular formula is C21H21F3N2O2S. The predicted octanol–water partition coefficient (Wildman–Crippen LogP) is 4.70. The molecule has 0 radical (unpaired) electrons. The molecule has 0 aliphatic rings. The molecule has 1 aromatic heterocycles. The molecule has 0 amide bonds. The molecule has 0 N–H and O–H groups in total. The molecule has 0 spiro atoms. The zero-order valence-corrected chi connectivity index (χ0v) is 16.5. The lowest BCUT2D eigenvalue weighted by molar-refractivity contribution is -0.172. The summed E-state index contributed by atoms with van der Waals surface area (Å²) in [5.74, 6) is 0.277. The Bertz CT molecular complexity index is 991. The summed E-state index contributed by atoms with van der Waals surface area (Å²) in [6.45, 7) is -0.864. The molecule has 154 valence electrons. The molecule has 0 aliphatic heterocycles. The van der Waals surface area contributed by atoms with Crippen molar-refractivity contribution in [3.63, 3.8) is 0 Å². The molecule has 0 unspecified atom stereocenters. The predicted molar refractivity (Wildman–Crippen MR) is 108 cm³/mol. The number of halogens is 3. The highest BCUT2D eigenvalue weighted by molar-refractivity contribution is 7.99. The lowest BCUT2D eigenvalue weighted by Crippen LogP contribution is -2.24. The van der Waals surface area contributed by atoms with Gasteiger partial charge in [-0.15, -0.1) is 0 Å². The van der Waals surface area contributed by atoms with Crippen molar-refractivity contribution in [3.05, 3.63) is 70.5 Å². The van der Waals surface area contributed by atoms with E-state index in [-0.39, 0.29) is 17.9 Å². The van der Waals surface area contributed by atoms with Gasteiger partial charge in [0.25, 0.3) is 5.56 Å². The molecule has 4 nitrogen and oxygen atoms in total. The van der Waals surface area contributed by atoms with Crippen molar-refractivity contribution in [1.29, 1.82) is 0 Å². The van der Waals surface area contributed by atoms with Crippen molar-refractivity contribution >= 4 is 22.7 Å². The van der Waals surface area contributed by atoms with Crippen molar-refractivity contribution in [2.45, 2.75) is 30.7 Å². The number of nitrogens with zero attached hydrogens (tertiary/aromatic N) is 2. The van der Waals surface area contributed by atoms with Crippen molar-refractivity contribution in [3.8, 4) is 0 Å².